The highest BCUT2D eigenvalue weighted by atomic mass is 35.5. The monoisotopic (exact) mass is 439 g/mol. The molecular weight excluding hydrogens is 410 g/mol. The van der Waals surface area contributed by atoms with E-state index in [4.69, 9.17) is 11.6 Å². The van der Waals surface area contributed by atoms with Crippen LogP contribution >= 0.6 is 11.6 Å². The van der Waals surface area contributed by atoms with Gasteiger partial charge in [-0.2, -0.15) is 0 Å². The van der Waals surface area contributed by atoms with Crippen LogP contribution < -0.4 is 4.90 Å². The van der Waals surface area contributed by atoms with Crippen LogP contribution in [0.5, 0.6) is 0 Å². The number of para-hydroxylation sites is 1. The Hall–Kier alpha value is -3.03. The number of allylic oxidation sites excluding steroid dienone is 3. The molecule has 0 aliphatic carbocycles. The van der Waals surface area contributed by atoms with Gasteiger partial charge in [0.2, 0.25) is 0 Å². The molecule has 32 heavy (non-hydrogen) atoms. The van der Waals surface area contributed by atoms with Gasteiger partial charge in [0.15, 0.2) is 0 Å². The molecule has 0 saturated carbocycles. The summed E-state index contributed by atoms with van der Waals surface area (Å²) in [6, 6.07) is 19.3. The Kier molecular flexibility index (Phi) is 5.65. The lowest BCUT2D eigenvalue weighted by molar-refractivity contribution is 0.621. The highest BCUT2D eigenvalue weighted by Gasteiger charge is 2.37. The number of rotatable bonds is 4. The molecule has 0 fully saturated rings. The Balaban J connectivity index is 1.94. The van der Waals surface area contributed by atoms with Crippen LogP contribution in [0.15, 0.2) is 91.2 Å². The Morgan fingerprint density at radius 3 is 2.09 bits per heavy atom. The van der Waals surface area contributed by atoms with Crippen molar-refractivity contribution < 1.29 is 0 Å². The quantitative estimate of drug-likeness (QED) is 0.392. The van der Waals surface area contributed by atoms with E-state index in [-0.39, 0.29) is 5.41 Å². The zero-order chi connectivity index (χ0) is 23.2. The van der Waals surface area contributed by atoms with Crippen LogP contribution in [-0.2, 0) is 5.41 Å². The summed E-state index contributed by atoms with van der Waals surface area (Å²) < 4.78 is 0. The lowest BCUT2D eigenvalue weighted by atomic mass is 9.73. The molecule has 0 radical (unpaired) electrons. The third-order valence-corrected chi connectivity index (χ3v) is 6.86. The zero-order valence-electron chi connectivity index (χ0n) is 19.6. The van der Waals surface area contributed by atoms with E-state index in [1.165, 1.54) is 27.8 Å². The number of benzene rings is 3. The fraction of sp³-hybridized carbons (Fsp3) is 0.200. The van der Waals surface area contributed by atoms with Crippen LogP contribution in [-0.4, -0.2) is 0 Å². The third kappa shape index (κ3) is 3.42. The van der Waals surface area contributed by atoms with E-state index in [1.807, 2.05) is 12.2 Å². The second-order valence-electron chi connectivity index (χ2n) is 9.12. The first kappa shape index (κ1) is 22.2. The Morgan fingerprint density at radius 1 is 0.844 bits per heavy atom. The van der Waals surface area contributed by atoms with Crippen LogP contribution in [0.25, 0.3) is 11.1 Å². The summed E-state index contributed by atoms with van der Waals surface area (Å²) in [6.45, 7) is 19.2. The highest BCUT2D eigenvalue weighted by molar-refractivity contribution is 6.34. The summed E-state index contributed by atoms with van der Waals surface area (Å²) in [6.07, 6.45) is 3.86. The van der Waals surface area contributed by atoms with Crippen molar-refractivity contribution in [1.29, 1.82) is 0 Å². The fourth-order valence-corrected chi connectivity index (χ4v) is 5.48. The van der Waals surface area contributed by atoms with Crippen LogP contribution in [0.3, 0.4) is 0 Å². The maximum Gasteiger partial charge on any atom is 0.0652 e. The van der Waals surface area contributed by atoms with Crippen molar-refractivity contribution in [2.45, 2.75) is 40.0 Å². The minimum Gasteiger partial charge on any atom is -0.308 e. The van der Waals surface area contributed by atoms with Crippen LogP contribution in [0.2, 0.25) is 5.02 Å². The van der Waals surface area contributed by atoms with Crippen LogP contribution in [0, 0.1) is 20.8 Å². The van der Waals surface area contributed by atoms with Gasteiger partial charge in [0.1, 0.15) is 0 Å². The van der Waals surface area contributed by atoms with Gasteiger partial charge >= 0.3 is 0 Å². The largest absolute Gasteiger partial charge is 0.308 e. The average Bonchev–Trinajstić information content (AvgIpc) is 2.73. The molecule has 0 spiro atoms. The Morgan fingerprint density at radius 2 is 1.50 bits per heavy atom. The lowest BCUT2D eigenvalue weighted by Crippen LogP contribution is -2.33. The van der Waals surface area contributed by atoms with Crippen molar-refractivity contribution >= 4 is 23.0 Å². The Bertz CT molecular complexity index is 1250. The standard InChI is InChI=1S/C30H30ClN/c1-8-23-26(9-2)32(27-13-11-10-12-24(27)30(23,6)7)28-15-14-22(18-25(28)31)29-20(4)16-19(3)17-21(29)5/h8-18H,1-2H2,3-7H3. The maximum atomic E-state index is 6.97. The number of fused-ring (bicyclic) bond motifs is 1. The second-order valence-corrected chi connectivity index (χ2v) is 9.53. The van der Waals surface area contributed by atoms with Crippen molar-refractivity contribution in [3.63, 3.8) is 0 Å². The summed E-state index contributed by atoms with van der Waals surface area (Å²) in [4.78, 5) is 2.21. The molecule has 0 N–H and O–H groups in total. The van der Waals surface area contributed by atoms with E-state index < -0.39 is 0 Å². The SMILES string of the molecule is C=CC1=C(C=C)C(C)(C)c2ccccc2N1c1ccc(-c2c(C)cc(C)cc2C)cc1Cl. The van der Waals surface area contributed by atoms with Crippen LogP contribution in [0.1, 0.15) is 36.1 Å². The number of anilines is 2. The van der Waals surface area contributed by atoms with E-state index >= 15 is 0 Å². The van der Waals surface area contributed by atoms with Crippen molar-refractivity contribution in [2.24, 2.45) is 0 Å². The molecule has 0 aromatic heterocycles. The van der Waals surface area contributed by atoms with Crippen molar-refractivity contribution in [3.05, 3.63) is 118 Å². The molecule has 3 aromatic rings. The van der Waals surface area contributed by atoms with Crippen LogP contribution in [0.4, 0.5) is 11.4 Å². The number of nitrogens with zero attached hydrogens (tertiary/aromatic N) is 1. The number of halogens is 1. The van der Waals surface area contributed by atoms with Gasteiger partial charge in [0, 0.05) is 11.1 Å². The van der Waals surface area contributed by atoms with Gasteiger partial charge in [0.05, 0.1) is 16.4 Å². The van der Waals surface area contributed by atoms with Gasteiger partial charge in [-0.25, -0.2) is 0 Å². The topological polar surface area (TPSA) is 3.24 Å². The van der Waals surface area contributed by atoms with Crippen molar-refractivity contribution in [3.8, 4) is 11.1 Å². The zero-order valence-corrected chi connectivity index (χ0v) is 20.3. The first-order chi connectivity index (χ1) is 15.2. The maximum absolute atomic E-state index is 6.97. The number of hydrogen-bond donors (Lipinski definition) is 0. The minimum atomic E-state index is -0.180. The van der Waals surface area contributed by atoms with Gasteiger partial charge in [0.25, 0.3) is 0 Å². The molecule has 3 aromatic carbocycles. The van der Waals surface area contributed by atoms with Gasteiger partial charge < -0.3 is 4.90 Å². The predicted octanol–water partition coefficient (Wildman–Crippen LogP) is 8.99. The highest BCUT2D eigenvalue weighted by Crippen LogP contribution is 2.50. The van der Waals surface area contributed by atoms with E-state index in [0.717, 1.165) is 28.2 Å². The van der Waals surface area contributed by atoms with Gasteiger partial charge in [-0.1, -0.05) is 86.6 Å². The summed E-state index contributed by atoms with van der Waals surface area (Å²) >= 11 is 6.97. The summed E-state index contributed by atoms with van der Waals surface area (Å²) in [5, 5.41) is 0.708. The predicted molar refractivity (Wildman–Crippen MR) is 140 cm³/mol. The summed E-state index contributed by atoms with van der Waals surface area (Å²) in [5.41, 5.74) is 11.4. The molecular formula is C30H30ClN. The molecule has 0 saturated heterocycles. The molecule has 4 rings (SSSR count). The lowest BCUT2D eigenvalue weighted by Gasteiger charge is -2.42. The molecule has 1 aliphatic rings. The van der Waals surface area contributed by atoms with Gasteiger partial charge in [-0.3, -0.25) is 0 Å². The van der Waals surface area contributed by atoms with Gasteiger partial charge in [-0.15, -0.1) is 0 Å². The van der Waals surface area contributed by atoms with E-state index in [9.17, 15) is 0 Å². The van der Waals surface area contributed by atoms with Crippen molar-refractivity contribution in [2.75, 3.05) is 4.90 Å². The average molecular weight is 440 g/mol. The smallest absolute Gasteiger partial charge is 0.0652 e. The molecule has 0 atom stereocenters. The molecule has 0 unspecified atom stereocenters. The molecule has 1 aliphatic heterocycles. The molecule has 0 amide bonds. The fourth-order valence-electron chi connectivity index (χ4n) is 5.21. The van der Waals surface area contributed by atoms with E-state index in [2.05, 4.69) is 107 Å². The molecule has 162 valence electrons. The van der Waals surface area contributed by atoms with E-state index in [0.29, 0.717) is 5.02 Å². The number of aryl methyl sites for hydroxylation is 3. The summed E-state index contributed by atoms with van der Waals surface area (Å²) in [7, 11) is 0. The minimum absolute atomic E-state index is 0.180. The number of hydrogen-bond acceptors (Lipinski definition) is 1. The first-order valence-electron chi connectivity index (χ1n) is 11.0. The molecule has 1 heterocycles. The van der Waals surface area contributed by atoms with Crippen molar-refractivity contribution in [1.82, 2.24) is 0 Å². The molecule has 0 bridgehead atoms. The Labute approximate surface area is 197 Å². The third-order valence-electron chi connectivity index (χ3n) is 6.56. The van der Waals surface area contributed by atoms with E-state index in [1.54, 1.807) is 0 Å². The molecule has 2 heteroatoms. The van der Waals surface area contributed by atoms with Gasteiger partial charge in [-0.05, 0) is 78.4 Å². The second kappa shape index (κ2) is 8.15. The molecule has 1 nitrogen and oxygen atoms in total. The summed E-state index contributed by atoms with van der Waals surface area (Å²) in [5.74, 6) is 0. The first-order valence-corrected chi connectivity index (χ1v) is 11.4. The normalized spacial score (nSPS) is 14.9.